The molecular formula is C26H50O13. The Morgan fingerprint density at radius 2 is 1.05 bits per heavy atom. The zero-order valence-electron chi connectivity index (χ0n) is 22.9. The van der Waals surface area contributed by atoms with Gasteiger partial charge in [0.15, 0.2) is 6.29 Å². The first-order chi connectivity index (χ1) is 18.7. The smallest absolute Gasteiger partial charge is 0.220 e. The number of aliphatic hydroxyl groups excluding tert-OH is 8. The summed E-state index contributed by atoms with van der Waals surface area (Å²) in [6.45, 7) is 0.763. The Hall–Kier alpha value is -0.520. The summed E-state index contributed by atoms with van der Waals surface area (Å²) in [5.41, 5.74) is 0. The van der Waals surface area contributed by atoms with E-state index in [1.54, 1.807) is 0 Å². The van der Waals surface area contributed by atoms with E-state index < -0.39 is 80.7 Å². The van der Waals surface area contributed by atoms with E-state index in [4.69, 9.17) is 24.0 Å². The van der Waals surface area contributed by atoms with Crippen molar-refractivity contribution in [2.45, 2.75) is 145 Å². The number of hydrogen-bond acceptors (Lipinski definition) is 13. The zero-order valence-corrected chi connectivity index (χ0v) is 22.9. The number of aliphatic hydroxyl groups is 8. The van der Waals surface area contributed by atoms with Crippen LogP contribution in [-0.4, -0.2) is 128 Å². The van der Waals surface area contributed by atoms with Crippen molar-refractivity contribution in [3.05, 3.63) is 0 Å². The second-order valence-corrected chi connectivity index (χ2v) is 10.5. The summed E-state index contributed by atoms with van der Waals surface area (Å²) in [4.78, 5) is 10.3. The lowest BCUT2D eigenvalue weighted by atomic mass is 9.99. The van der Waals surface area contributed by atoms with Gasteiger partial charge in [0.25, 0.3) is 0 Å². The summed E-state index contributed by atoms with van der Waals surface area (Å²) in [5, 5.41) is 79.1. The first-order valence-corrected chi connectivity index (χ1v) is 14.3. The highest BCUT2D eigenvalue weighted by molar-refractivity contribution is 4.90. The lowest BCUT2D eigenvalue weighted by Gasteiger charge is -2.41. The summed E-state index contributed by atoms with van der Waals surface area (Å²) < 4.78 is 16.5. The van der Waals surface area contributed by atoms with Crippen LogP contribution in [0.3, 0.4) is 0 Å². The molecule has 2 aliphatic rings. The van der Waals surface area contributed by atoms with Gasteiger partial charge in [0.1, 0.15) is 55.4 Å². The monoisotopic (exact) mass is 570 g/mol. The summed E-state index contributed by atoms with van der Waals surface area (Å²) in [5.74, 6) is 0. The third-order valence-corrected chi connectivity index (χ3v) is 7.32. The summed E-state index contributed by atoms with van der Waals surface area (Å²) >= 11 is 0. The van der Waals surface area contributed by atoms with Crippen LogP contribution in [0.5, 0.6) is 0 Å². The van der Waals surface area contributed by atoms with Gasteiger partial charge in [0.2, 0.25) is 6.29 Å². The average molecular weight is 571 g/mol. The highest BCUT2D eigenvalue weighted by Crippen LogP contribution is 2.26. The molecule has 11 atom stereocenters. The molecule has 3 unspecified atom stereocenters. The van der Waals surface area contributed by atoms with Gasteiger partial charge in [0, 0.05) is 0 Å². The van der Waals surface area contributed by atoms with E-state index >= 15 is 0 Å². The van der Waals surface area contributed by atoms with E-state index in [2.05, 4.69) is 6.92 Å². The molecule has 232 valence electrons. The van der Waals surface area contributed by atoms with Crippen molar-refractivity contribution in [2.24, 2.45) is 0 Å². The van der Waals surface area contributed by atoms with Crippen LogP contribution in [0.15, 0.2) is 0 Å². The van der Waals surface area contributed by atoms with Crippen LogP contribution >= 0.6 is 0 Å². The zero-order chi connectivity index (χ0) is 28.8. The van der Waals surface area contributed by atoms with Crippen molar-refractivity contribution >= 4 is 0 Å². The molecule has 13 heteroatoms. The second kappa shape index (κ2) is 18.8. The van der Waals surface area contributed by atoms with Crippen molar-refractivity contribution in [2.75, 3.05) is 19.8 Å². The van der Waals surface area contributed by atoms with Crippen molar-refractivity contribution in [1.82, 2.24) is 0 Å². The summed E-state index contributed by atoms with van der Waals surface area (Å²) in [6.07, 6.45) is -3.60. The lowest BCUT2D eigenvalue weighted by molar-refractivity contribution is -0.432. The van der Waals surface area contributed by atoms with Gasteiger partial charge < -0.3 is 55.1 Å². The van der Waals surface area contributed by atoms with Gasteiger partial charge in [-0.25, -0.2) is 9.78 Å². The highest BCUT2D eigenvalue weighted by atomic mass is 17.2. The van der Waals surface area contributed by atoms with Crippen molar-refractivity contribution in [3.63, 3.8) is 0 Å². The summed E-state index contributed by atoms with van der Waals surface area (Å²) in [7, 11) is 0. The van der Waals surface area contributed by atoms with Gasteiger partial charge >= 0.3 is 0 Å². The highest BCUT2D eigenvalue weighted by Gasteiger charge is 2.46. The van der Waals surface area contributed by atoms with E-state index in [1.165, 1.54) is 38.5 Å². The Balaban J connectivity index is 1.86. The average Bonchev–Trinajstić information content (AvgIpc) is 2.93. The number of ether oxygens (including phenoxy) is 3. The minimum absolute atomic E-state index is 0.221. The molecule has 0 spiro atoms. The molecule has 0 radical (unpaired) electrons. The van der Waals surface area contributed by atoms with Gasteiger partial charge in [-0.05, 0) is 6.42 Å². The fraction of sp³-hybridized carbons (Fsp3) is 1.00. The molecule has 0 aromatic heterocycles. The minimum atomic E-state index is -1.64. The molecular weight excluding hydrogens is 520 g/mol. The maximum Gasteiger partial charge on any atom is 0.220 e. The van der Waals surface area contributed by atoms with E-state index in [1.807, 2.05) is 0 Å². The van der Waals surface area contributed by atoms with E-state index in [9.17, 15) is 40.9 Å². The SMILES string of the molecule is CCCCCCCCCCCCC(COOC1O[C@H](CO)[C@@H](O)[C@H](O)[C@H]1O)OC1O[C@H](CO)[C@@H](O)[C@H](O)[C@H]1O. The Morgan fingerprint density at radius 1 is 0.590 bits per heavy atom. The fourth-order valence-corrected chi connectivity index (χ4v) is 4.75. The molecule has 2 fully saturated rings. The third kappa shape index (κ3) is 11.0. The van der Waals surface area contributed by atoms with Crippen molar-refractivity contribution in [3.8, 4) is 0 Å². The molecule has 2 heterocycles. The Kier molecular flexibility index (Phi) is 16.7. The van der Waals surface area contributed by atoms with Gasteiger partial charge in [-0.2, -0.15) is 0 Å². The van der Waals surface area contributed by atoms with Gasteiger partial charge in [0.05, 0.1) is 19.3 Å². The maximum absolute atomic E-state index is 10.3. The van der Waals surface area contributed by atoms with Crippen LogP contribution in [0.2, 0.25) is 0 Å². The van der Waals surface area contributed by atoms with Gasteiger partial charge in [-0.3, -0.25) is 0 Å². The van der Waals surface area contributed by atoms with E-state index in [-0.39, 0.29) is 6.61 Å². The molecule has 8 N–H and O–H groups in total. The van der Waals surface area contributed by atoms with Crippen LogP contribution in [0.1, 0.15) is 77.6 Å². The quantitative estimate of drug-likeness (QED) is 0.0546. The Labute approximate surface area is 230 Å². The van der Waals surface area contributed by atoms with Crippen molar-refractivity contribution < 1.29 is 64.8 Å². The molecule has 0 amide bonds. The standard InChI is InChI=1S/C26H50O13/c1-2-3-4-5-6-7-8-9-10-11-12-16(36-25-23(33)21(31)19(29)17(13-27)37-25)15-35-39-26-24(34)22(32)20(30)18(14-28)38-26/h16-34H,2-15H2,1H3/t16?,17-,18-,19-,20-,21+,22+,23-,24-,25?,26?/m1/s1. The predicted molar refractivity (Wildman–Crippen MR) is 136 cm³/mol. The largest absolute Gasteiger partial charge is 0.394 e. The third-order valence-electron chi connectivity index (χ3n) is 7.32. The van der Waals surface area contributed by atoms with Crippen LogP contribution in [-0.2, 0) is 24.0 Å². The molecule has 2 rings (SSSR count). The summed E-state index contributed by atoms with van der Waals surface area (Å²) in [6, 6.07) is 0. The van der Waals surface area contributed by atoms with Crippen LogP contribution < -0.4 is 0 Å². The lowest BCUT2D eigenvalue weighted by Crippen LogP contribution is -2.60. The number of rotatable bonds is 19. The predicted octanol–water partition coefficient (Wildman–Crippen LogP) is -0.769. The maximum atomic E-state index is 10.3. The van der Waals surface area contributed by atoms with E-state index in [0.29, 0.717) is 6.42 Å². The molecule has 0 aromatic rings. The first-order valence-electron chi connectivity index (χ1n) is 14.3. The van der Waals surface area contributed by atoms with Gasteiger partial charge in [-0.1, -0.05) is 71.1 Å². The molecule has 0 aliphatic carbocycles. The number of unbranched alkanes of at least 4 members (excludes halogenated alkanes) is 9. The Bertz CT molecular complexity index is 625. The first kappa shape index (κ1) is 34.7. The van der Waals surface area contributed by atoms with Gasteiger partial charge in [-0.15, -0.1) is 0 Å². The Morgan fingerprint density at radius 3 is 1.56 bits per heavy atom. The second-order valence-electron chi connectivity index (χ2n) is 10.5. The molecule has 2 saturated heterocycles. The van der Waals surface area contributed by atoms with Crippen molar-refractivity contribution in [1.29, 1.82) is 0 Å². The normalized spacial score (nSPS) is 36.2. The molecule has 0 saturated carbocycles. The molecule has 0 bridgehead atoms. The molecule has 0 aromatic carbocycles. The fourth-order valence-electron chi connectivity index (χ4n) is 4.75. The minimum Gasteiger partial charge on any atom is -0.394 e. The van der Waals surface area contributed by atoms with Crippen LogP contribution in [0, 0.1) is 0 Å². The van der Waals surface area contributed by atoms with Crippen LogP contribution in [0.25, 0.3) is 0 Å². The van der Waals surface area contributed by atoms with E-state index in [0.717, 1.165) is 25.7 Å². The molecule has 13 nitrogen and oxygen atoms in total. The molecule has 2 aliphatic heterocycles. The van der Waals surface area contributed by atoms with Crippen LogP contribution in [0.4, 0.5) is 0 Å². The molecule has 39 heavy (non-hydrogen) atoms. The topological polar surface area (TPSA) is 208 Å². The number of hydrogen-bond donors (Lipinski definition) is 8.